The number of hydrogen-bond acceptors (Lipinski definition) is 4. The van der Waals surface area contributed by atoms with Crippen LogP contribution in [0.15, 0.2) is 23.3 Å². The van der Waals surface area contributed by atoms with E-state index in [1.54, 1.807) is 7.05 Å². The highest BCUT2D eigenvalue weighted by Crippen LogP contribution is 2.33. The summed E-state index contributed by atoms with van der Waals surface area (Å²) >= 11 is 0. The van der Waals surface area contributed by atoms with Gasteiger partial charge in [-0.2, -0.15) is 13.2 Å². The smallest absolute Gasteiger partial charge is 0.381 e. The maximum absolute atomic E-state index is 12.9. The monoisotopic (exact) mass is 503 g/mol. The van der Waals surface area contributed by atoms with Crippen molar-refractivity contribution in [1.82, 2.24) is 15.6 Å². The van der Waals surface area contributed by atoms with Gasteiger partial charge in [0.1, 0.15) is 5.82 Å². The van der Waals surface area contributed by atoms with Crippen LogP contribution in [0.3, 0.4) is 0 Å². The minimum absolute atomic E-state index is 0. The summed E-state index contributed by atoms with van der Waals surface area (Å²) in [6.07, 6.45) is -2.26. The molecular formula is C17H29F3IN5O. The Morgan fingerprint density at radius 1 is 1.22 bits per heavy atom. The molecule has 0 saturated heterocycles. The number of nitrogens with one attached hydrogen (secondary N) is 3. The molecule has 1 rings (SSSR count). The van der Waals surface area contributed by atoms with E-state index >= 15 is 0 Å². The van der Waals surface area contributed by atoms with Gasteiger partial charge in [-0.1, -0.05) is 13.8 Å². The number of ether oxygens (including phenoxy) is 1. The van der Waals surface area contributed by atoms with Crippen molar-refractivity contribution in [2.45, 2.75) is 26.4 Å². The molecule has 0 radical (unpaired) electrons. The standard InChI is InChI=1S/C17H28F3N5O.HI/c1-13(2)12-26-11-5-8-24-16(21-3)25-10-9-23-15-14(17(18,19)20)6-4-7-22-15;/h4,6-7,13H,5,8-12H2,1-3H3,(H,22,23)(H2,21,24,25);1H. The summed E-state index contributed by atoms with van der Waals surface area (Å²) in [6, 6.07) is 2.27. The van der Waals surface area contributed by atoms with E-state index < -0.39 is 11.7 Å². The number of nitrogens with zero attached hydrogens (tertiary/aromatic N) is 2. The molecule has 3 N–H and O–H groups in total. The van der Waals surface area contributed by atoms with Gasteiger partial charge >= 0.3 is 6.18 Å². The van der Waals surface area contributed by atoms with Crippen molar-refractivity contribution in [2.24, 2.45) is 10.9 Å². The first kappa shape index (κ1) is 25.7. The van der Waals surface area contributed by atoms with E-state index in [1.165, 1.54) is 12.3 Å². The summed E-state index contributed by atoms with van der Waals surface area (Å²) < 4.78 is 44.1. The summed E-state index contributed by atoms with van der Waals surface area (Å²) in [6.45, 7) is 6.98. The third kappa shape index (κ3) is 11.2. The normalized spacial score (nSPS) is 11.9. The Labute approximate surface area is 175 Å². The zero-order valence-electron chi connectivity index (χ0n) is 15.9. The average Bonchev–Trinajstić information content (AvgIpc) is 2.59. The van der Waals surface area contributed by atoms with Crippen molar-refractivity contribution in [3.8, 4) is 0 Å². The fourth-order valence-corrected chi connectivity index (χ4v) is 2.06. The van der Waals surface area contributed by atoms with Crippen molar-refractivity contribution in [3.63, 3.8) is 0 Å². The van der Waals surface area contributed by atoms with Crippen LogP contribution in [0.5, 0.6) is 0 Å². The van der Waals surface area contributed by atoms with Gasteiger partial charge in [-0.05, 0) is 24.5 Å². The fraction of sp³-hybridized carbons (Fsp3) is 0.647. The lowest BCUT2D eigenvalue weighted by atomic mass is 10.2. The number of anilines is 1. The zero-order chi connectivity index (χ0) is 19.4. The third-order valence-corrected chi connectivity index (χ3v) is 3.26. The van der Waals surface area contributed by atoms with E-state index in [0.717, 1.165) is 19.1 Å². The van der Waals surface area contributed by atoms with E-state index in [1.807, 2.05) is 0 Å². The lowest BCUT2D eigenvalue weighted by Crippen LogP contribution is -2.40. The first-order valence-corrected chi connectivity index (χ1v) is 8.63. The molecule has 0 spiro atoms. The van der Waals surface area contributed by atoms with Crippen molar-refractivity contribution in [3.05, 3.63) is 23.9 Å². The number of aliphatic imine (C=N–C) groups is 1. The van der Waals surface area contributed by atoms with Crippen LogP contribution < -0.4 is 16.0 Å². The molecule has 0 amide bonds. The van der Waals surface area contributed by atoms with Gasteiger partial charge in [-0.3, -0.25) is 4.99 Å². The van der Waals surface area contributed by atoms with Crippen LogP contribution in [0.1, 0.15) is 25.8 Å². The van der Waals surface area contributed by atoms with Crippen LogP contribution in [0.25, 0.3) is 0 Å². The predicted octanol–water partition coefficient (Wildman–Crippen LogP) is 3.36. The molecule has 0 atom stereocenters. The largest absolute Gasteiger partial charge is 0.419 e. The van der Waals surface area contributed by atoms with Crippen molar-refractivity contribution >= 4 is 35.8 Å². The second-order valence-corrected chi connectivity index (χ2v) is 6.07. The first-order chi connectivity index (χ1) is 12.3. The molecule has 0 aliphatic carbocycles. The molecule has 0 aliphatic rings. The molecule has 0 aliphatic heterocycles. The molecule has 6 nitrogen and oxygen atoms in total. The highest BCUT2D eigenvalue weighted by Gasteiger charge is 2.33. The summed E-state index contributed by atoms with van der Waals surface area (Å²) in [4.78, 5) is 7.82. The van der Waals surface area contributed by atoms with E-state index in [9.17, 15) is 13.2 Å². The second-order valence-electron chi connectivity index (χ2n) is 6.07. The van der Waals surface area contributed by atoms with Crippen LogP contribution in [0, 0.1) is 5.92 Å². The SMILES string of the molecule is CN=C(NCCCOCC(C)C)NCCNc1ncccc1C(F)(F)F.I. The summed E-state index contributed by atoms with van der Waals surface area (Å²) in [7, 11) is 1.64. The molecule has 0 fully saturated rings. The van der Waals surface area contributed by atoms with E-state index in [0.29, 0.717) is 31.6 Å². The minimum Gasteiger partial charge on any atom is -0.381 e. The van der Waals surface area contributed by atoms with Gasteiger partial charge in [0.25, 0.3) is 0 Å². The van der Waals surface area contributed by atoms with Gasteiger partial charge in [-0.25, -0.2) is 4.98 Å². The van der Waals surface area contributed by atoms with E-state index in [4.69, 9.17) is 4.74 Å². The quantitative estimate of drug-likeness (QED) is 0.198. The summed E-state index contributed by atoms with van der Waals surface area (Å²) in [5.74, 6) is 0.932. The van der Waals surface area contributed by atoms with E-state index in [-0.39, 0.29) is 36.3 Å². The molecule has 0 unspecified atom stereocenters. The van der Waals surface area contributed by atoms with Gasteiger partial charge in [0, 0.05) is 46.1 Å². The van der Waals surface area contributed by atoms with Crippen molar-refractivity contribution in [2.75, 3.05) is 45.2 Å². The number of guanidine groups is 1. The topological polar surface area (TPSA) is 70.6 Å². The molecule has 10 heteroatoms. The summed E-state index contributed by atoms with van der Waals surface area (Å²) in [5.41, 5.74) is -0.774. The van der Waals surface area contributed by atoms with Crippen molar-refractivity contribution in [1.29, 1.82) is 0 Å². The van der Waals surface area contributed by atoms with Crippen molar-refractivity contribution < 1.29 is 17.9 Å². The molecule has 1 heterocycles. The maximum atomic E-state index is 12.9. The third-order valence-electron chi connectivity index (χ3n) is 3.26. The maximum Gasteiger partial charge on any atom is 0.419 e. The lowest BCUT2D eigenvalue weighted by molar-refractivity contribution is -0.137. The van der Waals surface area contributed by atoms with Gasteiger partial charge in [0.2, 0.25) is 0 Å². The molecule has 27 heavy (non-hydrogen) atoms. The highest BCUT2D eigenvalue weighted by atomic mass is 127. The summed E-state index contributed by atoms with van der Waals surface area (Å²) in [5, 5.41) is 8.86. The number of alkyl halides is 3. The number of pyridine rings is 1. The van der Waals surface area contributed by atoms with Gasteiger partial charge in [0.05, 0.1) is 5.56 Å². The average molecular weight is 503 g/mol. The predicted molar refractivity (Wildman–Crippen MR) is 113 cm³/mol. The molecular weight excluding hydrogens is 474 g/mol. The van der Waals surface area contributed by atoms with Crippen LogP contribution in [-0.2, 0) is 10.9 Å². The Balaban J connectivity index is 0.00000676. The molecule has 0 bridgehead atoms. The van der Waals surface area contributed by atoms with Gasteiger partial charge in [0.15, 0.2) is 5.96 Å². The number of halogens is 4. The fourth-order valence-electron chi connectivity index (χ4n) is 2.06. The molecule has 0 saturated carbocycles. The molecule has 0 aromatic carbocycles. The Kier molecular flexibility index (Phi) is 13.1. The first-order valence-electron chi connectivity index (χ1n) is 8.63. The zero-order valence-corrected chi connectivity index (χ0v) is 18.2. The number of rotatable bonds is 10. The molecule has 156 valence electrons. The Hall–Kier alpha value is -1.30. The van der Waals surface area contributed by atoms with Crippen LogP contribution in [0.2, 0.25) is 0 Å². The Bertz CT molecular complexity index is 556. The van der Waals surface area contributed by atoms with Crippen LogP contribution >= 0.6 is 24.0 Å². The second kappa shape index (κ2) is 13.8. The highest BCUT2D eigenvalue weighted by molar-refractivity contribution is 14.0. The van der Waals surface area contributed by atoms with Crippen LogP contribution in [0.4, 0.5) is 19.0 Å². The molecule has 1 aromatic heterocycles. The minimum atomic E-state index is -4.43. The number of hydrogen-bond donors (Lipinski definition) is 3. The van der Waals surface area contributed by atoms with Gasteiger partial charge in [-0.15, -0.1) is 24.0 Å². The lowest BCUT2D eigenvalue weighted by Gasteiger charge is -2.15. The Morgan fingerprint density at radius 3 is 2.56 bits per heavy atom. The van der Waals surface area contributed by atoms with E-state index in [2.05, 4.69) is 39.8 Å². The van der Waals surface area contributed by atoms with Gasteiger partial charge < -0.3 is 20.7 Å². The Morgan fingerprint density at radius 2 is 1.93 bits per heavy atom. The molecule has 1 aromatic rings. The number of aromatic nitrogens is 1. The van der Waals surface area contributed by atoms with Crippen LogP contribution in [-0.4, -0.2) is 50.8 Å².